The van der Waals surface area contributed by atoms with Gasteiger partial charge in [0.25, 0.3) is 0 Å². The van der Waals surface area contributed by atoms with E-state index < -0.39 is 5.97 Å². The standard InChI is InChI=1S/C14H11ClO3/c1-3-13(16)18-14-10-7-5-4-6-9(10)12(17-2)8-11(14)15/h3-8H,1H2,2H3. The Kier molecular flexibility index (Phi) is 3.53. The van der Waals surface area contributed by atoms with Crippen LogP contribution in [0.25, 0.3) is 10.8 Å². The summed E-state index contributed by atoms with van der Waals surface area (Å²) >= 11 is 6.10. The van der Waals surface area contributed by atoms with Gasteiger partial charge in [0.1, 0.15) is 5.75 Å². The molecular weight excluding hydrogens is 252 g/mol. The molecule has 0 atom stereocenters. The second-order valence-corrected chi connectivity index (χ2v) is 3.97. The molecule has 4 heteroatoms. The number of benzene rings is 2. The van der Waals surface area contributed by atoms with Gasteiger partial charge in [0.15, 0.2) is 5.75 Å². The molecule has 0 radical (unpaired) electrons. The zero-order valence-electron chi connectivity index (χ0n) is 9.77. The Balaban J connectivity index is 2.69. The molecule has 2 rings (SSSR count). The Labute approximate surface area is 110 Å². The molecule has 0 spiro atoms. The van der Waals surface area contributed by atoms with Crippen LogP contribution in [-0.4, -0.2) is 13.1 Å². The lowest BCUT2D eigenvalue weighted by Crippen LogP contribution is -2.04. The fourth-order valence-electron chi connectivity index (χ4n) is 1.70. The topological polar surface area (TPSA) is 35.5 Å². The molecular formula is C14H11ClO3. The number of esters is 1. The first-order valence-electron chi connectivity index (χ1n) is 5.27. The van der Waals surface area contributed by atoms with E-state index in [1.807, 2.05) is 24.3 Å². The summed E-state index contributed by atoms with van der Waals surface area (Å²) in [5.74, 6) is 0.402. The van der Waals surface area contributed by atoms with E-state index in [9.17, 15) is 4.79 Å². The van der Waals surface area contributed by atoms with Crippen LogP contribution in [0.5, 0.6) is 11.5 Å². The first-order valence-corrected chi connectivity index (χ1v) is 5.64. The van der Waals surface area contributed by atoms with E-state index in [0.29, 0.717) is 16.5 Å². The van der Waals surface area contributed by atoms with Crippen molar-refractivity contribution in [3.8, 4) is 11.5 Å². The number of halogens is 1. The lowest BCUT2D eigenvalue weighted by Gasteiger charge is -2.11. The molecule has 0 unspecified atom stereocenters. The zero-order valence-corrected chi connectivity index (χ0v) is 10.5. The van der Waals surface area contributed by atoms with Crippen LogP contribution < -0.4 is 9.47 Å². The third kappa shape index (κ3) is 2.17. The quantitative estimate of drug-likeness (QED) is 0.482. The molecule has 0 aromatic heterocycles. The molecule has 3 nitrogen and oxygen atoms in total. The molecule has 2 aromatic carbocycles. The van der Waals surface area contributed by atoms with Crippen molar-refractivity contribution in [3.63, 3.8) is 0 Å². The van der Waals surface area contributed by atoms with E-state index in [0.717, 1.165) is 16.8 Å². The van der Waals surface area contributed by atoms with Gasteiger partial charge in [-0.3, -0.25) is 0 Å². The number of carbonyl (C=O) groups is 1. The minimum atomic E-state index is -0.549. The molecule has 0 bridgehead atoms. The lowest BCUT2D eigenvalue weighted by molar-refractivity contribution is -0.128. The fraction of sp³-hybridized carbons (Fsp3) is 0.0714. The maximum absolute atomic E-state index is 11.3. The van der Waals surface area contributed by atoms with Crippen LogP contribution in [0.15, 0.2) is 43.0 Å². The van der Waals surface area contributed by atoms with Crippen molar-refractivity contribution in [2.75, 3.05) is 7.11 Å². The molecule has 0 saturated heterocycles. The number of carbonyl (C=O) groups excluding carboxylic acids is 1. The van der Waals surface area contributed by atoms with E-state index in [4.69, 9.17) is 21.1 Å². The summed E-state index contributed by atoms with van der Waals surface area (Å²) in [6, 6.07) is 9.02. The van der Waals surface area contributed by atoms with E-state index in [2.05, 4.69) is 6.58 Å². The third-order valence-corrected chi connectivity index (χ3v) is 2.78. The van der Waals surface area contributed by atoms with Crippen molar-refractivity contribution < 1.29 is 14.3 Å². The van der Waals surface area contributed by atoms with Gasteiger partial charge in [-0.25, -0.2) is 4.79 Å². The predicted molar refractivity (Wildman–Crippen MR) is 71.3 cm³/mol. The average Bonchev–Trinajstić information content (AvgIpc) is 2.41. The average molecular weight is 263 g/mol. The Morgan fingerprint density at radius 1 is 1.33 bits per heavy atom. The molecule has 0 fully saturated rings. The summed E-state index contributed by atoms with van der Waals surface area (Å²) in [6.45, 7) is 3.36. The van der Waals surface area contributed by atoms with E-state index >= 15 is 0 Å². The molecule has 0 heterocycles. The summed E-state index contributed by atoms with van der Waals surface area (Å²) in [7, 11) is 1.56. The van der Waals surface area contributed by atoms with Crippen LogP contribution in [0.3, 0.4) is 0 Å². The van der Waals surface area contributed by atoms with Crippen LogP contribution >= 0.6 is 11.6 Å². The van der Waals surface area contributed by atoms with Gasteiger partial charge in [0, 0.05) is 22.9 Å². The second kappa shape index (κ2) is 5.10. The van der Waals surface area contributed by atoms with Gasteiger partial charge in [-0.15, -0.1) is 0 Å². The van der Waals surface area contributed by atoms with Crippen molar-refractivity contribution >= 4 is 28.3 Å². The van der Waals surface area contributed by atoms with Gasteiger partial charge in [-0.1, -0.05) is 42.4 Å². The summed E-state index contributed by atoms with van der Waals surface area (Å²) in [4.78, 5) is 11.3. The Bertz CT molecular complexity index is 620. The molecule has 0 aliphatic rings. The molecule has 18 heavy (non-hydrogen) atoms. The van der Waals surface area contributed by atoms with Crippen molar-refractivity contribution in [1.82, 2.24) is 0 Å². The highest BCUT2D eigenvalue weighted by Crippen LogP contribution is 2.39. The fourth-order valence-corrected chi connectivity index (χ4v) is 1.94. The SMILES string of the molecule is C=CC(=O)Oc1c(Cl)cc(OC)c2ccccc12. The number of ether oxygens (including phenoxy) is 2. The van der Waals surface area contributed by atoms with Gasteiger partial charge in [-0.2, -0.15) is 0 Å². The van der Waals surface area contributed by atoms with Crippen LogP contribution in [0.2, 0.25) is 5.02 Å². The molecule has 0 aliphatic heterocycles. The normalized spacial score (nSPS) is 10.1. The summed E-state index contributed by atoms with van der Waals surface area (Å²) in [6.07, 6.45) is 1.09. The molecule has 0 saturated carbocycles. The molecule has 0 aliphatic carbocycles. The number of hydrogen-bond acceptors (Lipinski definition) is 3. The molecule has 0 amide bonds. The minimum Gasteiger partial charge on any atom is -0.496 e. The highest BCUT2D eigenvalue weighted by molar-refractivity contribution is 6.33. The van der Waals surface area contributed by atoms with Crippen LogP contribution in [0.1, 0.15) is 0 Å². The monoisotopic (exact) mass is 262 g/mol. The van der Waals surface area contributed by atoms with Crippen molar-refractivity contribution in [2.45, 2.75) is 0 Å². The minimum absolute atomic E-state index is 0.318. The Hall–Kier alpha value is -2.00. The van der Waals surface area contributed by atoms with Crippen LogP contribution in [0.4, 0.5) is 0 Å². The molecule has 0 N–H and O–H groups in total. The molecule has 2 aromatic rings. The predicted octanol–water partition coefficient (Wildman–Crippen LogP) is 3.59. The Morgan fingerprint density at radius 2 is 2.00 bits per heavy atom. The highest BCUT2D eigenvalue weighted by atomic mass is 35.5. The number of hydrogen-bond donors (Lipinski definition) is 0. The second-order valence-electron chi connectivity index (χ2n) is 3.56. The van der Waals surface area contributed by atoms with Gasteiger partial charge in [0.05, 0.1) is 12.1 Å². The van der Waals surface area contributed by atoms with Crippen molar-refractivity contribution in [1.29, 1.82) is 0 Å². The smallest absolute Gasteiger partial charge is 0.335 e. The van der Waals surface area contributed by atoms with Gasteiger partial charge >= 0.3 is 5.97 Å². The number of methoxy groups -OCH3 is 1. The first-order chi connectivity index (χ1) is 8.67. The summed E-state index contributed by atoms with van der Waals surface area (Å²) in [5, 5.41) is 1.87. The van der Waals surface area contributed by atoms with Crippen LogP contribution in [-0.2, 0) is 4.79 Å². The van der Waals surface area contributed by atoms with E-state index in [1.165, 1.54) is 0 Å². The Morgan fingerprint density at radius 3 is 2.61 bits per heavy atom. The zero-order chi connectivity index (χ0) is 13.1. The third-order valence-electron chi connectivity index (χ3n) is 2.50. The van der Waals surface area contributed by atoms with Crippen molar-refractivity contribution in [3.05, 3.63) is 48.0 Å². The van der Waals surface area contributed by atoms with Crippen molar-refractivity contribution in [2.24, 2.45) is 0 Å². The highest BCUT2D eigenvalue weighted by Gasteiger charge is 2.14. The van der Waals surface area contributed by atoms with Crippen LogP contribution in [0, 0.1) is 0 Å². The maximum Gasteiger partial charge on any atom is 0.335 e. The van der Waals surface area contributed by atoms with Gasteiger partial charge < -0.3 is 9.47 Å². The van der Waals surface area contributed by atoms with E-state index in [-0.39, 0.29) is 0 Å². The summed E-state index contributed by atoms with van der Waals surface area (Å²) < 4.78 is 10.4. The lowest BCUT2D eigenvalue weighted by atomic mass is 10.1. The maximum atomic E-state index is 11.3. The summed E-state index contributed by atoms with van der Waals surface area (Å²) in [5.41, 5.74) is 0. The number of rotatable bonds is 3. The van der Waals surface area contributed by atoms with E-state index in [1.54, 1.807) is 13.2 Å². The van der Waals surface area contributed by atoms with Gasteiger partial charge in [0.2, 0.25) is 0 Å². The number of fused-ring (bicyclic) bond motifs is 1. The first kappa shape index (κ1) is 12.5. The molecule has 92 valence electrons. The van der Waals surface area contributed by atoms with Gasteiger partial charge in [-0.05, 0) is 0 Å². The largest absolute Gasteiger partial charge is 0.496 e.